The van der Waals surface area contributed by atoms with Crippen LogP contribution in [0.5, 0.6) is 0 Å². The molecule has 1 aliphatic heterocycles. The topological polar surface area (TPSA) is 12.5 Å². The van der Waals surface area contributed by atoms with Crippen LogP contribution in [0.2, 0.25) is 0 Å². The molecular formula is C13H22FNO. The van der Waals surface area contributed by atoms with Gasteiger partial charge in [-0.25, -0.2) is 4.39 Å². The molecule has 1 rings (SSSR count). The number of nitrogens with zero attached hydrogens (tertiary/aromatic N) is 1. The third-order valence-electron chi connectivity index (χ3n) is 2.01. The van der Waals surface area contributed by atoms with E-state index in [0.717, 1.165) is 5.57 Å². The first kappa shape index (κ1) is 14.9. The summed E-state index contributed by atoms with van der Waals surface area (Å²) in [7, 11) is 0. The van der Waals surface area contributed by atoms with Gasteiger partial charge in [0.15, 0.2) is 0 Å². The average molecular weight is 227 g/mol. The van der Waals surface area contributed by atoms with Crippen LogP contribution in [0.1, 0.15) is 20.8 Å². The van der Waals surface area contributed by atoms with Crippen LogP contribution in [0.3, 0.4) is 0 Å². The molecule has 0 bridgehead atoms. The summed E-state index contributed by atoms with van der Waals surface area (Å²) in [4.78, 5) is 1.93. The maximum absolute atomic E-state index is 13.1. The number of morpholine rings is 1. The molecule has 0 N–H and O–H groups in total. The average Bonchev–Trinajstić information content (AvgIpc) is 2.29. The summed E-state index contributed by atoms with van der Waals surface area (Å²) in [5, 5.41) is 0. The highest BCUT2D eigenvalue weighted by Crippen LogP contribution is 2.18. The minimum Gasteiger partial charge on any atom is -0.378 e. The standard InChI is InChI=1S/C11H16FNO.C2H6/c1-9(2)8-11(10(3)12)13-4-6-14-7-5-13;1-2/h8H,1,3-7H2,2H3;1-2H3/b11-8+;. The van der Waals surface area contributed by atoms with E-state index in [1.165, 1.54) is 0 Å². The summed E-state index contributed by atoms with van der Waals surface area (Å²) in [6, 6.07) is 0. The Kier molecular flexibility index (Phi) is 7.56. The van der Waals surface area contributed by atoms with Crippen LogP contribution in [-0.4, -0.2) is 31.2 Å². The van der Waals surface area contributed by atoms with E-state index in [1.807, 2.05) is 25.7 Å². The van der Waals surface area contributed by atoms with Crippen molar-refractivity contribution in [2.45, 2.75) is 20.8 Å². The monoisotopic (exact) mass is 227 g/mol. The minimum atomic E-state index is -0.408. The lowest BCUT2D eigenvalue weighted by atomic mass is 10.2. The van der Waals surface area contributed by atoms with Crippen LogP contribution in [0.4, 0.5) is 4.39 Å². The summed E-state index contributed by atoms with van der Waals surface area (Å²) in [6.07, 6.45) is 1.72. The Balaban J connectivity index is 0.00000106. The second-order valence-electron chi connectivity index (χ2n) is 3.38. The Morgan fingerprint density at radius 2 is 1.75 bits per heavy atom. The lowest BCUT2D eigenvalue weighted by Gasteiger charge is -2.30. The van der Waals surface area contributed by atoms with Crippen LogP contribution in [0.25, 0.3) is 0 Å². The molecule has 1 aliphatic rings. The zero-order valence-corrected chi connectivity index (χ0v) is 10.6. The van der Waals surface area contributed by atoms with Gasteiger partial charge in [0.05, 0.1) is 18.9 Å². The largest absolute Gasteiger partial charge is 0.378 e. The number of hydrogen-bond donors (Lipinski definition) is 0. The van der Waals surface area contributed by atoms with Crippen molar-refractivity contribution in [1.29, 1.82) is 0 Å². The molecule has 16 heavy (non-hydrogen) atoms. The quantitative estimate of drug-likeness (QED) is 0.686. The van der Waals surface area contributed by atoms with Crippen molar-refractivity contribution in [1.82, 2.24) is 4.90 Å². The molecule has 92 valence electrons. The first-order valence-corrected chi connectivity index (χ1v) is 5.66. The van der Waals surface area contributed by atoms with Crippen LogP contribution in [-0.2, 0) is 4.74 Å². The molecule has 0 saturated carbocycles. The number of rotatable bonds is 3. The molecule has 0 aromatic heterocycles. The van der Waals surface area contributed by atoms with Gasteiger partial charge >= 0.3 is 0 Å². The van der Waals surface area contributed by atoms with Crippen LogP contribution < -0.4 is 0 Å². The van der Waals surface area contributed by atoms with E-state index < -0.39 is 5.83 Å². The van der Waals surface area contributed by atoms with E-state index in [4.69, 9.17) is 4.74 Å². The zero-order chi connectivity index (χ0) is 12.6. The number of allylic oxidation sites excluding steroid dienone is 3. The van der Waals surface area contributed by atoms with Gasteiger partial charge in [0.25, 0.3) is 0 Å². The Morgan fingerprint density at radius 1 is 1.25 bits per heavy atom. The Labute approximate surface area is 98.1 Å². The van der Waals surface area contributed by atoms with Crippen molar-refractivity contribution < 1.29 is 9.13 Å². The molecule has 0 atom stereocenters. The van der Waals surface area contributed by atoms with Gasteiger partial charge in [-0.05, 0) is 13.0 Å². The van der Waals surface area contributed by atoms with E-state index in [2.05, 4.69) is 13.2 Å². The van der Waals surface area contributed by atoms with E-state index in [9.17, 15) is 4.39 Å². The van der Waals surface area contributed by atoms with Gasteiger partial charge in [-0.3, -0.25) is 0 Å². The van der Waals surface area contributed by atoms with Gasteiger partial charge in [0.2, 0.25) is 0 Å². The van der Waals surface area contributed by atoms with E-state index >= 15 is 0 Å². The Bertz CT molecular complexity index is 265. The minimum absolute atomic E-state index is 0.408. The fourth-order valence-corrected chi connectivity index (χ4v) is 1.38. The summed E-state index contributed by atoms with van der Waals surface area (Å²) in [6.45, 7) is 15.6. The predicted octanol–water partition coefficient (Wildman–Crippen LogP) is 3.29. The molecule has 1 fully saturated rings. The second kappa shape index (κ2) is 8.11. The molecule has 0 spiro atoms. The lowest BCUT2D eigenvalue weighted by Crippen LogP contribution is -2.35. The summed E-state index contributed by atoms with van der Waals surface area (Å²) < 4.78 is 18.3. The second-order valence-corrected chi connectivity index (χ2v) is 3.38. The molecule has 3 heteroatoms. The van der Waals surface area contributed by atoms with E-state index in [0.29, 0.717) is 32.0 Å². The predicted molar refractivity (Wildman–Crippen MR) is 66.9 cm³/mol. The van der Waals surface area contributed by atoms with Gasteiger partial charge in [-0.15, -0.1) is 0 Å². The molecule has 0 aromatic rings. The smallest absolute Gasteiger partial charge is 0.139 e. The first-order chi connectivity index (χ1) is 7.61. The summed E-state index contributed by atoms with van der Waals surface area (Å²) in [5.74, 6) is -0.408. The van der Waals surface area contributed by atoms with Crippen molar-refractivity contribution >= 4 is 0 Å². The molecule has 0 amide bonds. The molecular weight excluding hydrogens is 205 g/mol. The van der Waals surface area contributed by atoms with E-state index in [1.54, 1.807) is 6.08 Å². The molecule has 1 saturated heterocycles. The zero-order valence-electron chi connectivity index (χ0n) is 10.6. The molecule has 1 heterocycles. The van der Waals surface area contributed by atoms with Crippen molar-refractivity contribution in [2.24, 2.45) is 0 Å². The van der Waals surface area contributed by atoms with Crippen LogP contribution in [0.15, 0.2) is 36.3 Å². The maximum Gasteiger partial charge on any atom is 0.139 e. The summed E-state index contributed by atoms with van der Waals surface area (Å²) >= 11 is 0. The highest BCUT2D eigenvalue weighted by Gasteiger charge is 2.15. The molecule has 2 nitrogen and oxygen atoms in total. The third-order valence-corrected chi connectivity index (χ3v) is 2.01. The molecule has 0 unspecified atom stereocenters. The SMILES string of the molecule is C=C(C)/C=C(\C(=C)F)N1CCOCC1.CC. The van der Waals surface area contributed by atoms with Crippen LogP contribution in [0, 0.1) is 0 Å². The van der Waals surface area contributed by atoms with Gasteiger partial charge in [0, 0.05) is 13.1 Å². The Hall–Kier alpha value is -1.09. The normalized spacial score (nSPS) is 16.2. The van der Waals surface area contributed by atoms with Crippen LogP contribution >= 0.6 is 0 Å². The number of ether oxygens (including phenoxy) is 1. The van der Waals surface area contributed by atoms with Crippen molar-refractivity contribution in [3.8, 4) is 0 Å². The Morgan fingerprint density at radius 3 is 2.12 bits per heavy atom. The van der Waals surface area contributed by atoms with Crippen molar-refractivity contribution in [3.05, 3.63) is 36.3 Å². The van der Waals surface area contributed by atoms with Crippen molar-refractivity contribution in [2.75, 3.05) is 26.3 Å². The van der Waals surface area contributed by atoms with Gasteiger partial charge in [-0.1, -0.05) is 32.6 Å². The van der Waals surface area contributed by atoms with E-state index in [-0.39, 0.29) is 0 Å². The fraction of sp³-hybridized carbons (Fsp3) is 0.538. The van der Waals surface area contributed by atoms with Crippen molar-refractivity contribution in [3.63, 3.8) is 0 Å². The lowest BCUT2D eigenvalue weighted by molar-refractivity contribution is 0.0535. The van der Waals surface area contributed by atoms with Gasteiger partial charge in [-0.2, -0.15) is 0 Å². The molecule has 0 aliphatic carbocycles. The first-order valence-electron chi connectivity index (χ1n) is 5.66. The fourth-order valence-electron chi connectivity index (χ4n) is 1.38. The third kappa shape index (κ3) is 5.12. The summed E-state index contributed by atoms with van der Waals surface area (Å²) in [5.41, 5.74) is 1.35. The molecule has 0 radical (unpaired) electrons. The van der Waals surface area contributed by atoms with Gasteiger partial charge in [0.1, 0.15) is 5.83 Å². The highest BCUT2D eigenvalue weighted by atomic mass is 19.1. The number of halogens is 1. The highest BCUT2D eigenvalue weighted by molar-refractivity contribution is 5.29. The van der Waals surface area contributed by atoms with Gasteiger partial charge < -0.3 is 9.64 Å². The number of hydrogen-bond acceptors (Lipinski definition) is 2. The maximum atomic E-state index is 13.1. The molecule has 0 aromatic carbocycles.